The van der Waals surface area contributed by atoms with E-state index in [0.29, 0.717) is 12.2 Å². The molecule has 0 bridgehead atoms. The summed E-state index contributed by atoms with van der Waals surface area (Å²) in [4.78, 5) is 13.6. The summed E-state index contributed by atoms with van der Waals surface area (Å²) >= 11 is 2.33. The molecule has 1 aromatic heterocycles. The first kappa shape index (κ1) is 16.9. The highest BCUT2D eigenvalue weighted by atomic mass is 127. The molecular formula is C17H23IN4O. The van der Waals surface area contributed by atoms with Crippen LogP contribution < -0.4 is 4.90 Å². The Bertz CT molecular complexity index is 671. The highest BCUT2D eigenvalue weighted by Gasteiger charge is 2.22. The van der Waals surface area contributed by atoms with Crippen molar-refractivity contribution >= 4 is 39.3 Å². The van der Waals surface area contributed by atoms with Gasteiger partial charge in [-0.3, -0.25) is 4.90 Å². The van der Waals surface area contributed by atoms with Crippen LogP contribution in [0.3, 0.4) is 0 Å². The zero-order chi connectivity index (χ0) is 16.4. The van der Waals surface area contributed by atoms with Crippen LogP contribution in [0.2, 0.25) is 0 Å². The van der Waals surface area contributed by atoms with Gasteiger partial charge in [0.25, 0.3) is 0 Å². The number of likely N-dealkylation sites (N-methyl/N-ethyl adjacent to an activating group) is 1. The molecule has 0 aliphatic carbocycles. The Morgan fingerprint density at radius 3 is 2.74 bits per heavy atom. The molecule has 23 heavy (non-hydrogen) atoms. The van der Waals surface area contributed by atoms with E-state index in [1.165, 1.54) is 3.57 Å². The number of benzene rings is 1. The smallest absolute Gasteiger partial charge is 0.139 e. The molecule has 5 nitrogen and oxygen atoms in total. The first-order valence-corrected chi connectivity index (χ1v) is 9.10. The van der Waals surface area contributed by atoms with E-state index in [4.69, 9.17) is 4.74 Å². The molecule has 2 aromatic rings. The standard InChI is InChI=1S/C17H23IN4O/c1-12-9-22(10-13(2)23-12)7-6-21(3)17-15-8-14(18)4-5-16(15)19-11-20-17/h4-5,8,11-13H,6-7,9-10H2,1-3H3/t12-,13+. The SMILES string of the molecule is C[C@@H]1CN(CCN(C)c2ncnc3ccc(I)cc23)C[C@H](C)O1. The molecule has 2 atom stereocenters. The monoisotopic (exact) mass is 426 g/mol. The molecule has 0 amide bonds. The van der Waals surface area contributed by atoms with Crippen molar-refractivity contribution in [1.82, 2.24) is 14.9 Å². The van der Waals surface area contributed by atoms with E-state index in [9.17, 15) is 0 Å². The van der Waals surface area contributed by atoms with Crippen LogP contribution in [0.5, 0.6) is 0 Å². The average molecular weight is 426 g/mol. The van der Waals surface area contributed by atoms with E-state index in [2.05, 4.69) is 81.5 Å². The van der Waals surface area contributed by atoms with Gasteiger partial charge in [0.05, 0.1) is 17.7 Å². The number of anilines is 1. The summed E-state index contributed by atoms with van der Waals surface area (Å²) in [6, 6.07) is 6.29. The Labute approximate surface area is 151 Å². The maximum Gasteiger partial charge on any atom is 0.139 e. The lowest BCUT2D eigenvalue weighted by Gasteiger charge is -2.36. The first-order chi connectivity index (χ1) is 11.0. The van der Waals surface area contributed by atoms with Gasteiger partial charge in [-0.15, -0.1) is 0 Å². The number of hydrogen-bond donors (Lipinski definition) is 0. The molecular weight excluding hydrogens is 403 g/mol. The Kier molecular flexibility index (Phi) is 5.33. The number of rotatable bonds is 4. The van der Waals surface area contributed by atoms with Gasteiger partial charge in [-0.05, 0) is 54.6 Å². The van der Waals surface area contributed by atoms with Gasteiger partial charge in [0.2, 0.25) is 0 Å². The lowest BCUT2D eigenvalue weighted by atomic mass is 10.2. The van der Waals surface area contributed by atoms with Gasteiger partial charge in [0.15, 0.2) is 0 Å². The fraction of sp³-hybridized carbons (Fsp3) is 0.529. The van der Waals surface area contributed by atoms with Crippen LogP contribution in [0.25, 0.3) is 10.9 Å². The second-order valence-electron chi connectivity index (χ2n) is 6.30. The maximum absolute atomic E-state index is 5.80. The molecule has 1 saturated heterocycles. The normalized spacial score (nSPS) is 22.4. The van der Waals surface area contributed by atoms with Crippen LogP contribution in [0.15, 0.2) is 24.5 Å². The van der Waals surface area contributed by atoms with Crippen molar-refractivity contribution < 1.29 is 4.74 Å². The van der Waals surface area contributed by atoms with Crippen LogP contribution >= 0.6 is 22.6 Å². The Morgan fingerprint density at radius 1 is 1.26 bits per heavy atom. The van der Waals surface area contributed by atoms with E-state index in [0.717, 1.165) is 42.9 Å². The highest BCUT2D eigenvalue weighted by molar-refractivity contribution is 14.1. The third-order valence-electron chi connectivity index (χ3n) is 4.18. The molecule has 1 aliphatic rings. The number of hydrogen-bond acceptors (Lipinski definition) is 5. The van der Waals surface area contributed by atoms with Crippen molar-refractivity contribution in [3.8, 4) is 0 Å². The van der Waals surface area contributed by atoms with Gasteiger partial charge in [-0.25, -0.2) is 9.97 Å². The van der Waals surface area contributed by atoms with E-state index in [1.54, 1.807) is 6.33 Å². The zero-order valence-corrected chi connectivity index (χ0v) is 16.0. The molecule has 0 spiro atoms. The summed E-state index contributed by atoms with van der Waals surface area (Å²) in [6.45, 7) is 8.25. The van der Waals surface area contributed by atoms with Crippen LogP contribution in [-0.2, 0) is 4.74 Å². The topological polar surface area (TPSA) is 41.5 Å². The fourth-order valence-electron chi connectivity index (χ4n) is 3.18. The van der Waals surface area contributed by atoms with Crippen molar-refractivity contribution in [2.24, 2.45) is 0 Å². The molecule has 0 saturated carbocycles. The number of nitrogens with zero attached hydrogens (tertiary/aromatic N) is 4. The molecule has 0 radical (unpaired) electrons. The first-order valence-electron chi connectivity index (χ1n) is 8.02. The number of ether oxygens (including phenoxy) is 1. The molecule has 1 aliphatic heterocycles. The van der Waals surface area contributed by atoms with Crippen molar-refractivity contribution in [1.29, 1.82) is 0 Å². The van der Waals surface area contributed by atoms with Crippen LogP contribution in [0.1, 0.15) is 13.8 Å². The molecule has 1 aromatic carbocycles. The summed E-state index contributed by atoms with van der Waals surface area (Å²) < 4.78 is 7.01. The number of halogens is 1. The zero-order valence-electron chi connectivity index (χ0n) is 13.9. The Hall–Kier alpha value is -0.990. The number of morpholine rings is 1. The third kappa shape index (κ3) is 4.10. The predicted octanol–water partition coefficient (Wildman–Crippen LogP) is 2.78. The van der Waals surface area contributed by atoms with Crippen LogP contribution in [0, 0.1) is 3.57 Å². The number of aromatic nitrogens is 2. The minimum absolute atomic E-state index is 0.311. The van der Waals surface area contributed by atoms with Gasteiger partial charge >= 0.3 is 0 Å². The average Bonchev–Trinajstić information content (AvgIpc) is 2.51. The molecule has 0 N–H and O–H groups in total. The van der Waals surface area contributed by atoms with E-state index < -0.39 is 0 Å². The summed E-state index contributed by atoms with van der Waals surface area (Å²) in [7, 11) is 2.11. The second-order valence-corrected chi connectivity index (χ2v) is 7.54. The fourth-order valence-corrected chi connectivity index (χ4v) is 3.67. The summed E-state index contributed by atoms with van der Waals surface area (Å²) in [6.07, 6.45) is 2.27. The second kappa shape index (κ2) is 7.27. The van der Waals surface area contributed by atoms with Gasteiger partial charge in [-0.1, -0.05) is 0 Å². The molecule has 0 unspecified atom stereocenters. The molecule has 124 valence electrons. The summed E-state index contributed by atoms with van der Waals surface area (Å²) in [5, 5.41) is 1.12. The van der Waals surface area contributed by atoms with Crippen molar-refractivity contribution in [2.45, 2.75) is 26.1 Å². The van der Waals surface area contributed by atoms with Crippen LogP contribution in [-0.4, -0.2) is 60.3 Å². The quantitative estimate of drug-likeness (QED) is 0.704. The van der Waals surface area contributed by atoms with E-state index in [1.807, 2.05) is 0 Å². The van der Waals surface area contributed by atoms with Crippen molar-refractivity contribution in [2.75, 3.05) is 38.1 Å². The Morgan fingerprint density at radius 2 is 2.00 bits per heavy atom. The summed E-state index contributed by atoms with van der Waals surface area (Å²) in [5.74, 6) is 1.00. The molecule has 1 fully saturated rings. The molecule has 3 rings (SSSR count). The van der Waals surface area contributed by atoms with Crippen molar-refractivity contribution in [3.63, 3.8) is 0 Å². The van der Waals surface area contributed by atoms with Gasteiger partial charge in [0, 0.05) is 42.2 Å². The predicted molar refractivity (Wildman–Crippen MR) is 102 cm³/mol. The van der Waals surface area contributed by atoms with E-state index in [-0.39, 0.29) is 0 Å². The largest absolute Gasteiger partial charge is 0.373 e. The van der Waals surface area contributed by atoms with Crippen molar-refractivity contribution in [3.05, 3.63) is 28.1 Å². The van der Waals surface area contributed by atoms with E-state index >= 15 is 0 Å². The minimum atomic E-state index is 0.311. The maximum atomic E-state index is 5.80. The Balaban J connectivity index is 1.71. The third-order valence-corrected chi connectivity index (χ3v) is 4.86. The van der Waals surface area contributed by atoms with Crippen LogP contribution in [0.4, 0.5) is 5.82 Å². The lowest BCUT2D eigenvalue weighted by Crippen LogP contribution is -2.47. The lowest BCUT2D eigenvalue weighted by molar-refractivity contribution is -0.0670. The highest BCUT2D eigenvalue weighted by Crippen LogP contribution is 2.24. The summed E-state index contributed by atoms with van der Waals surface area (Å²) in [5.41, 5.74) is 0.996. The number of fused-ring (bicyclic) bond motifs is 1. The molecule has 6 heteroatoms. The molecule has 2 heterocycles. The van der Waals surface area contributed by atoms with Gasteiger partial charge in [-0.2, -0.15) is 0 Å². The van der Waals surface area contributed by atoms with Gasteiger partial charge < -0.3 is 9.64 Å². The minimum Gasteiger partial charge on any atom is -0.373 e. The van der Waals surface area contributed by atoms with Gasteiger partial charge in [0.1, 0.15) is 12.1 Å².